The maximum absolute atomic E-state index is 12.5. The zero-order valence-corrected chi connectivity index (χ0v) is 16.9. The Morgan fingerprint density at radius 3 is 2.66 bits per heavy atom. The third-order valence-electron chi connectivity index (χ3n) is 4.03. The number of nitrogens with zero attached hydrogens (tertiary/aromatic N) is 1. The predicted molar refractivity (Wildman–Crippen MR) is 110 cm³/mol. The van der Waals surface area contributed by atoms with Gasteiger partial charge in [0.15, 0.2) is 0 Å². The van der Waals surface area contributed by atoms with Crippen molar-refractivity contribution in [3.8, 4) is 5.75 Å². The number of thioether (sulfide) groups is 1. The molecule has 0 bridgehead atoms. The van der Waals surface area contributed by atoms with Gasteiger partial charge in [-0.1, -0.05) is 18.2 Å². The van der Waals surface area contributed by atoms with Crippen molar-refractivity contribution in [3.05, 3.63) is 69.8 Å². The number of methoxy groups -OCH3 is 1. The summed E-state index contributed by atoms with van der Waals surface area (Å²) >= 11 is 1.53. The van der Waals surface area contributed by atoms with E-state index in [4.69, 9.17) is 9.47 Å². The maximum atomic E-state index is 12.5. The van der Waals surface area contributed by atoms with E-state index in [0.717, 1.165) is 5.56 Å². The zero-order chi connectivity index (χ0) is 21.2. The van der Waals surface area contributed by atoms with Crippen LogP contribution in [0.3, 0.4) is 0 Å². The van der Waals surface area contributed by atoms with Crippen LogP contribution < -0.4 is 10.1 Å². The molecule has 1 amide bonds. The molecule has 0 heterocycles. The van der Waals surface area contributed by atoms with Crippen LogP contribution in [0.1, 0.15) is 22.3 Å². The van der Waals surface area contributed by atoms with Crippen LogP contribution in [0.25, 0.3) is 0 Å². The first kappa shape index (κ1) is 22.2. The number of nitro benzene ring substituents is 1. The lowest BCUT2D eigenvalue weighted by molar-refractivity contribution is -0.384. The standard InChI is InChI=1S/C20H22N2O6S/c1-27-17-8-3-5-14(11-17)13-28-20(24)18(9-10-29-2)21-19(23)15-6-4-7-16(12-15)22(25)26/h3-8,11-12,18H,9-10,13H2,1-2H3,(H,21,23). The molecule has 1 N–H and O–H groups in total. The van der Waals surface area contributed by atoms with Gasteiger partial charge in [0.1, 0.15) is 18.4 Å². The molecule has 1 unspecified atom stereocenters. The molecule has 154 valence electrons. The lowest BCUT2D eigenvalue weighted by Crippen LogP contribution is -2.42. The Balaban J connectivity index is 2.05. The second kappa shape index (κ2) is 11.1. The van der Waals surface area contributed by atoms with E-state index in [1.54, 1.807) is 31.4 Å². The van der Waals surface area contributed by atoms with Crippen molar-refractivity contribution in [2.45, 2.75) is 19.1 Å². The third kappa shape index (κ3) is 6.79. The number of ether oxygens (including phenoxy) is 2. The van der Waals surface area contributed by atoms with Crippen LogP contribution in [0.15, 0.2) is 48.5 Å². The highest BCUT2D eigenvalue weighted by atomic mass is 32.2. The summed E-state index contributed by atoms with van der Waals surface area (Å²) in [7, 11) is 1.55. The summed E-state index contributed by atoms with van der Waals surface area (Å²) in [6, 6.07) is 11.6. The van der Waals surface area contributed by atoms with Crippen molar-refractivity contribution in [1.82, 2.24) is 5.32 Å². The van der Waals surface area contributed by atoms with E-state index in [0.29, 0.717) is 17.9 Å². The fraction of sp³-hybridized carbons (Fsp3) is 0.300. The van der Waals surface area contributed by atoms with Gasteiger partial charge in [-0.3, -0.25) is 14.9 Å². The lowest BCUT2D eigenvalue weighted by Gasteiger charge is -2.17. The van der Waals surface area contributed by atoms with E-state index in [9.17, 15) is 19.7 Å². The zero-order valence-electron chi connectivity index (χ0n) is 16.1. The van der Waals surface area contributed by atoms with Crippen LogP contribution >= 0.6 is 11.8 Å². The van der Waals surface area contributed by atoms with Gasteiger partial charge in [0.2, 0.25) is 0 Å². The third-order valence-corrected chi connectivity index (χ3v) is 4.68. The Labute approximate surface area is 172 Å². The van der Waals surface area contributed by atoms with Crippen LogP contribution in [-0.2, 0) is 16.1 Å². The monoisotopic (exact) mass is 418 g/mol. The Morgan fingerprint density at radius 1 is 1.21 bits per heavy atom. The molecule has 0 aliphatic carbocycles. The molecule has 8 nitrogen and oxygen atoms in total. The number of amides is 1. The van der Waals surface area contributed by atoms with Gasteiger partial charge in [0, 0.05) is 17.7 Å². The van der Waals surface area contributed by atoms with E-state index in [1.165, 1.54) is 36.0 Å². The molecule has 1 atom stereocenters. The molecule has 2 rings (SSSR count). The van der Waals surface area contributed by atoms with Crippen molar-refractivity contribution in [3.63, 3.8) is 0 Å². The van der Waals surface area contributed by atoms with Crippen LogP contribution in [0.4, 0.5) is 5.69 Å². The molecule has 2 aromatic rings. The Hall–Kier alpha value is -3.07. The molecule has 2 aromatic carbocycles. The minimum Gasteiger partial charge on any atom is -0.497 e. The van der Waals surface area contributed by atoms with E-state index >= 15 is 0 Å². The van der Waals surface area contributed by atoms with Crippen molar-refractivity contribution in [2.24, 2.45) is 0 Å². The molecule has 0 saturated heterocycles. The smallest absolute Gasteiger partial charge is 0.329 e. The highest BCUT2D eigenvalue weighted by Gasteiger charge is 2.23. The normalized spacial score (nSPS) is 11.4. The summed E-state index contributed by atoms with van der Waals surface area (Å²) in [4.78, 5) is 35.3. The number of carbonyl (C=O) groups excluding carboxylic acids is 2. The first-order valence-corrected chi connectivity index (χ1v) is 10.2. The number of non-ortho nitro benzene ring substituents is 1. The highest BCUT2D eigenvalue weighted by molar-refractivity contribution is 7.98. The minimum absolute atomic E-state index is 0.0402. The summed E-state index contributed by atoms with van der Waals surface area (Å²) in [5.41, 5.74) is 0.666. The van der Waals surface area contributed by atoms with Gasteiger partial charge in [0.05, 0.1) is 12.0 Å². The fourth-order valence-corrected chi connectivity index (χ4v) is 2.98. The lowest BCUT2D eigenvalue weighted by atomic mass is 10.1. The van der Waals surface area contributed by atoms with Gasteiger partial charge >= 0.3 is 5.97 Å². The van der Waals surface area contributed by atoms with Crippen molar-refractivity contribution in [2.75, 3.05) is 19.1 Å². The SMILES string of the molecule is COc1cccc(COC(=O)C(CCSC)NC(=O)c2cccc([N+](=O)[O-])c2)c1. The Kier molecular flexibility index (Phi) is 8.47. The average molecular weight is 418 g/mol. The first-order valence-electron chi connectivity index (χ1n) is 8.78. The van der Waals surface area contributed by atoms with Gasteiger partial charge < -0.3 is 14.8 Å². The quantitative estimate of drug-likeness (QED) is 0.359. The van der Waals surface area contributed by atoms with Crippen molar-refractivity contribution in [1.29, 1.82) is 0 Å². The van der Waals surface area contributed by atoms with E-state index in [-0.39, 0.29) is 17.9 Å². The van der Waals surface area contributed by atoms with E-state index in [2.05, 4.69) is 5.32 Å². The second-order valence-electron chi connectivity index (χ2n) is 6.07. The number of nitro groups is 1. The highest BCUT2D eigenvalue weighted by Crippen LogP contribution is 2.15. The average Bonchev–Trinajstić information content (AvgIpc) is 2.74. The fourth-order valence-electron chi connectivity index (χ4n) is 2.50. The van der Waals surface area contributed by atoms with Crippen LogP contribution in [0.2, 0.25) is 0 Å². The van der Waals surface area contributed by atoms with Crippen LogP contribution in [0, 0.1) is 10.1 Å². The van der Waals surface area contributed by atoms with Crippen molar-refractivity contribution < 1.29 is 24.0 Å². The number of rotatable bonds is 10. The largest absolute Gasteiger partial charge is 0.497 e. The molecule has 0 aromatic heterocycles. The molecular formula is C20H22N2O6S. The van der Waals surface area contributed by atoms with Gasteiger partial charge in [0.25, 0.3) is 11.6 Å². The molecule has 9 heteroatoms. The minimum atomic E-state index is -0.861. The number of nitrogens with one attached hydrogen (secondary N) is 1. The summed E-state index contributed by atoms with van der Waals surface area (Å²) in [6.07, 6.45) is 2.26. The predicted octanol–water partition coefficient (Wildman–Crippen LogP) is 3.20. The molecular weight excluding hydrogens is 396 g/mol. The number of carbonyl (C=O) groups is 2. The Bertz CT molecular complexity index is 874. The summed E-state index contributed by atoms with van der Waals surface area (Å²) < 4.78 is 10.5. The van der Waals surface area contributed by atoms with Crippen LogP contribution in [0.5, 0.6) is 5.75 Å². The number of hydrogen-bond acceptors (Lipinski definition) is 7. The first-order chi connectivity index (χ1) is 13.9. The van der Waals surface area contributed by atoms with E-state index in [1.807, 2.05) is 6.26 Å². The van der Waals surface area contributed by atoms with Gasteiger partial charge in [-0.2, -0.15) is 11.8 Å². The molecule has 29 heavy (non-hydrogen) atoms. The molecule has 0 spiro atoms. The molecule has 0 saturated carbocycles. The van der Waals surface area contributed by atoms with Gasteiger partial charge in [-0.05, 0) is 42.2 Å². The maximum Gasteiger partial charge on any atom is 0.329 e. The molecule has 0 aliphatic heterocycles. The van der Waals surface area contributed by atoms with Gasteiger partial charge in [-0.25, -0.2) is 4.79 Å². The van der Waals surface area contributed by atoms with E-state index < -0.39 is 22.8 Å². The van der Waals surface area contributed by atoms with Gasteiger partial charge in [-0.15, -0.1) is 0 Å². The summed E-state index contributed by atoms with van der Waals surface area (Å²) in [5, 5.41) is 13.5. The molecule has 0 radical (unpaired) electrons. The molecule has 0 fully saturated rings. The Morgan fingerprint density at radius 2 is 1.97 bits per heavy atom. The van der Waals surface area contributed by atoms with Crippen LogP contribution in [-0.4, -0.2) is 42.0 Å². The topological polar surface area (TPSA) is 108 Å². The van der Waals surface area contributed by atoms with Crippen molar-refractivity contribution >= 4 is 29.3 Å². The summed E-state index contributed by atoms with van der Waals surface area (Å²) in [5.74, 6) is 0.143. The number of benzene rings is 2. The number of esters is 1. The number of hydrogen-bond donors (Lipinski definition) is 1. The summed E-state index contributed by atoms with van der Waals surface area (Å²) in [6.45, 7) is 0.0402. The molecule has 0 aliphatic rings. The second-order valence-corrected chi connectivity index (χ2v) is 7.06.